The summed E-state index contributed by atoms with van der Waals surface area (Å²) in [5.41, 5.74) is 0. The number of hydrogen-bond acceptors (Lipinski definition) is 6. The Kier molecular flexibility index (Phi) is 3.88. The fourth-order valence-corrected chi connectivity index (χ4v) is 2.08. The predicted octanol–water partition coefficient (Wildman–Crippen LogP) is 2.37. The summed E-state index contributed by atoms with van der Waals surface area (Å²) in [7, 11) is -3.25. The molecule has 1 aromatic heterocycles. The lowest BCUT2D eigenvalue weighted by Crippen LogP contribution is -1.97. The van der Waals surface area contributed by atoms with Crippen LogP contribution >= 0.6 is 23.2 Å². The maximum Gasteiger partial charge on any atom is 0.262 e. The first-order chi connectivity index (χ1) is 8.86. The van der Waals surface area contributed by atoms with E-state index in [4.69, 9.17) is 27.9 Å². The smallest absolute Gasteiger partial charge is 0.262 e. The van der Waals surface area contributed by atoms with Crippen molar-refractivity contribution < 1.29 is 13.2 Å². The van der Waals surface area contributed by atoms with E-state index in [1.807, 2.05) is 0 Å². The van der Waals surface area contributed by atoms with Crippen molar-refractivity contribution in [3.63, 3.8) is 0 Å². The SMILES string of the molecule is CS(=O)(=O)c1ccc(Oc2nc(Cl)nnc2Cl)cc1. The minimum Gasteiger partial charge on any atom is -0.436 e. The second kappa shape index (κ2) is 5.28. The van der Waals surface area contributed by atoms with Gasteiger partial charge in [0.2, 0.25) is 10.4 Å². The molecular weight excluding hydrogens is 313 g/mol. The Morgan fingerprint density at radius 3 is 2.32 bits per heavy atom. The first-order valence-electron chi connectivity index (χ1n) is 4.90. The van der Waals surface area contributed by atoms with Crippen molar-refractivity contribution in [3.8, 4) is 11.6 Å². The molecule has 19 heavy (non-hydrogen) atoms. The first-order valence-corrected chi connectivity index (χ1v) is 7.55. The molecule has 100 valence electrons. The van der Waals surface area contributed by atoms with Gasteiger partial charge >= 0.3 is 0 Å². The number of sulfone groups is 1. The van der Waals surface area contributed by atoms with Crippen LogP contribution in [0.3, 0.4) is 0 Å². The Morgan fingerprint density at radius 2 is 1.74 bits per heavy atom. The zero-order valence-electron chi connectivity index (χ0n) is 9.54. The second-order valence-electron chi connectivity index (χ2n) is 3.52. The Hall–Kier alpha value is -1.44. The minimum absolute atomic E-state index is 0.00577. The molecule has 1 aromatic carbocycles. The Labute approximate surface area is 119 Å². The molecule has 1 heterocycles. The van der Waals surface area contributed by atoms with Crippen LogP contribution in [0.25, 0.3) is 0 Å². The van der Waals surface area contributed by atoms with Crippen molar-refractivity contribution in [2.45, 2.75) is 4.90 Å². The number of nitrogens with zero attached hydrogens (tertiary/aromatic N) is 3. The van der Waals surface area contributed by atoms with Gasteiger partial charge in [0.25, 0.3) is 5.88 Å². The third kappa shape index (κ3) is 3.52. The number of rotatable bonds is 3. The summed E-state index contributed by atoms with van der Waals surface area (Å²) in [6.07, 6.45) is 1.12. The van der Waals surface area contributed by atoms with E-state index in [9.17, 15) is 8.42 Å². The van der Waals surface area contributed by atoms with Crippen molar-refractivity contribution >= 4 is 33.0 Å². The average Bonchev–Trinajstić information content (AvgIpc) is 2.33. The van der Waals surface area contributed by atoms with Crippen molar-refractivity contribution in [3.05, 3.63) is 34.7 Å². The summed E-state index contributed by atoms with van der Waals surface area (Å²) in [6.45, 7) is 0. The van der Waals surface area contributed by atoms with Crippen molar-refractivity contribution in [1.82, 2.24) is 15.2 Å². The van der Waals surface area contributed by atoms with Crippen LogP contribution in [0.5, 0.6) is 11.6 Å². The number of hydrogen-bond donors (Lipinski definition) is 0. The molecule has 0 spiro atoms. The molecule has 0 aliphatic rings. The van der Waals surface area contributed by atoms with Gasteiger partial charge in [0.15, 0.2) is 9.84 Å². The highest BCUT2D eigenvalue weighted by Gasteiger charge is 2.10. The second-order valence-corrected chi connectivity index (χ2v) is 6.23. The first kappa shape index (κ1) is 14.0. The van der Waals surface area contributed by atoms with Gasteiger partial charge in [-0.3, -0.25) is 0 Å². The number of aromatic nitrogens is 3. The lowest BCUT2D eigenvalue weighted by atomic mass is 10.3. The summed E-state index contributed by atoms with van der Waals surface area (Å²) in [6, 6.07) is 5.77. The van der Waals surface area contributed by atoms with Gasteiger partial charge in [0.1, 0.15) is 5.75 Å². The standard InChI is InChI=1S/C10H7Cl2N3O3S/c1-19(16,17)7-4-2-6(3-5-7)18-9-8(11)14-15-10(12)13-9/h2-5H,1H3. The molecule has 0 aliphatic heterocycles. The van der Waals surface area contributed by atoms with E-state index in [0.29, 0.717) is 5.75 Å². The molecule has 0 atom stereocenters. The van der Waals surface area contributed by atoms with E-state index in [0.717, 1.165) is 6.26 Å². The summed E-state index contributed by atoms with van der Waals surface area (Å²) >= 11 is 11.3. The van der Waals surface area contributed by atoms with Gasteiger partial charge < -0.3 is 4.74 Å². The van der Waals surface area contributed by atoms with E-state index in [2.05, 4.69) is 15.2 Å². The van der Waals surface area contributed by atoms with Crippen molar-refractivity contribution in [2.75, 3.05) is 6.26 Å². The van der Waals surface area contributed by atoms with Gasteiger partial charge in [-0.15, -0.1) is 10.2 Å². The molecule has 2 rings (SSSR count). The molecule has 0 bridgehead atoms. The fraction of sp³-hybridized carbons (Fsp3) is 0.100. The largest absolute Gasteiger partial charge is 0.436 e. The molecular formula is C10H7Cl2N3O3S. The fourth-order valence-electron chi connectivity index (χ4n) is 1.21. The van der Waals surface area contributed by atoms with E-state index >= 15 is 0 Å². The summed E-state index contributed by atoms with van der Waals surface area (Å²) < 4.78 is 27.9. The van der Waals surface area contributed by atoms with Crippen LogP contribution in [0.2, 0.25) is 10.4 Å². The lowest BCUT2D eigenvalue weighted by Gasteiger charge is -2.06. The van der Waals surface area contributed by atoms with E-state index in [1.54, 1.807) is 0 Å². The Balaban J connectivity index is 2.27. The summed E-state index contributed by atoms with van der Waals surface area (Å²) in [5, 5.41) is 6.82. The molecule has 6 nitrogen and oxygen atoms in total. The van der Waals surface area contributed by atoms with Crippen LogP contribution in [0, 0.1) is 0 Å². The molecule has 0 amide bonds. The maximum absolute atomic E-state index is 11.3. The van der Waals surface area contributed by atoms with Gasteiger partial charge in [0.05, 0.1) is 4.90 Å². The van der Waals surface area contributed by atoms with Crippen LogP contribution < -0.4 is 4.74 Å². The van der Waals surface area contributed by atoms with Gasteiger partial charge in [-0.2, -0.15) is 4.98 Å². The van der Waals surface area contributed by atoms with Crippen molar-refractivity contribution in [2.24, 2.45) is 0 Å². The third-order valence-corrected chi connectivity index (χ3v) is 3.58. The average molecular weight is 320 g/mol. The van der Waals surface area contributed by atoms with E-state index in [1.165, 1.54) is 24.3 Å². The van der Waals surface area contributed by atoms with E-state index in [-0.39, 0.29) is 21.2 Å². The van der Waals surface area contributed by atoms with Gasteiger partial charge in [-0.1, -0.05) is 11.6 Å². The van der Waals surface area contributed by atoms with Crippen LogP contribution in [0.4, 0.5) is 0 Å². The highest BCUT2D eigenvalue weighted by Crippen LogP contribution is 2.26. The third-order valence-electron chi connectivity index (χ3n) is 2.06. The Bertz CT molecular complexity index is 704. The molecule has 0 unspecified atom stereocenters. The lowest BCUT2D eigenvalue weighted by molar-refractivity contribution is 0.457. The molecule has 0 N–H and O–H groups in total. The number of halogens is 2. The maximum atomic E-state index is 11.3. The van der Waals surface area contributed by atoms with Crippen molar-refractivity contribution in [1.29, 1.82) is 0 Å². The summed E-state index contributed by atoms with van der Waals surface area (Å²) in [5.74, 6) is 0.347. The van der Waals surface area contributed by atoms with Crippen LogP contribution in [-0.2, 0) is 9.84 Å². The molecule has 0 saturated carbocycles. The zero-order chi connectivity index (χ0) is 14.0. The normalized spacial score (nSPS) is 11.3. The topological polar surface area (TPSA) is 82.0 Å². The van der Waals surface area contributed by atoms with Crippen LogP contribution in [0.1, 0.15) is 0 Å². The highest BCUT2D eigenvalue weighted by atomic mass is 35.5. The molecule has 0 fully saturated rings. The molecule has 0 saturated heterocycles. The molecule has 0 radical (unpaired) electrons. The quantitative estimate of drug-likeness (QED) is 0.863. The van der Waals surface area contributed by atoms with Gasteiger partial charge in [0, 0.05) is 6.26 Å². The number of ether oxygens (including phenoxy) is 1. The number of benzene rings is 1. The monoisotopic (exact) mass is 319 g/mol. The summed E-state index contributed by atoms with van der Waals surface area (Å²) in [4.78, 5) is 3.94. The van der Waals surface area contributed by atoms with E-state index < -0.39 is 9.84 Å². The Morgan fingerprint density at radius 1 is 1.11 bits per heavy atom. The van der Waals surface area contributed by atoms with Crippen LogP contribution in [-0.4, -0.2) is 29.9 Å². The molecule has 9 heteroatoms. The highest BCUT2D eigenvalue weighted by molar-refractivity contribution is 7.90. The zero-order valence-corrected chi connectivity index (χ0v) is 11.9. The molecule has 0 aliphatic carbocycles. The van der Waals surface area contributed by atoms with Gasteiger partial charge in [-0.25, -0.2) is 8.42 Å². The minimum atomic E-state index is -3.25. The van der Waals surface area contributed by atoms with Gasteiger partial charge in [-0.05, 0) is 35.9 Å². The predicted molar refractivity (Wildman–Crippen MR) is 69.5 cm³/mol. The molecule has 2 aromatic rings. The van der Waals surface area contributed by atoms with Crippen LogP contribution in [0.15, 0.2) is 29.2 Å².